The van der Waals surface area contributed by atoms with Gasteiger partial charge in [0.05, 0.1) is 19.2 Å². The molecule has 0 atom stereocenters. The minimum Gasteiger partial charge on any atom is -0.497 e. The fraction of sp³-hybridized carbons (Fsp3) is 0.111. The molecule has 0 spiro atoms. The number of rotatable bonds is 8. The molecule has 174 valence electrons. The molecule has 0 radical (unpaired) electrons. The summed E-state index contributed by atoms with van der Waals surface area (Å²) in [5.41, 5.74) is 3.99. The van der Waals surface area contributed by atoms with Crippen LogP contribution in [0.2, 0.25) is 0 Å². The Kier molecular flexibility index (Phi) is 6.34. The van der Waals surface area contributed by atoms with Crippen molar-refractivity contribution in [1.29, 1.82) is 0 Å². The topological polar surface area (TPSA) is 86.9 Å². The lowest BCUT2D eigenvalue weighted by atomic mass is 10.1. The number of carbonyl (C=O) groups is 1. The number of aromatic nitrogens is 5. The van der Waals surface area contributed by atoms with Gasteiger partial charge in [-0.3, -0.25) is 9.48 Å². The van der Waals surface area contributed by atoms with Gasteiger partial charge in [-0.15, -0.1) is 0 Å². The summed E-state index contributed by atoms with van der Waals surface area (Å²) < 4.78 is 8.75. The van der Waals surface area contributed by atoms with Crippen molar-refractivity contribution < 1.29 is 9.53 Å². The standard InChI is InChI=1S/C27H24N6O2/c1-35-23-10-8-22(9-11-23)26-24(19-32(31-26)18-20-6-3-2-4-7-20)27(34)29-17-21-12-14-28-25(16-21)33-15-5-13-30-33/h2-16,19H,17-18H2,1H3,(H,29,34). The molecule has 0 fully saturated rings. The number of carbonyl (C=O) groups excluding carboxylic acids is 1. The molecule has 5 aromatic rings. The summed E-state index contributed by atoms with van der Waals surface area (Å²) >= 11 is 0. The third-order valence-electron chi connectivity index (χ3n) is 5.56. The number of hydrogen-bond donors (Lipinski definition) is 1. The van der Waals surface area contributed by atoms with E-state index in [2.05, 4.69) is 15.4 Å². The molecule has 35 heavy (non-hydrogen) atoms. The molecule has 2 aromatic carbocycles. The Bertz CT molecular complexity index is 1410. The van der Waals surface area contributed by atoms with E-state index in [1.807, 2.05) is 79.0 Å². The van der Waals surface area contributed by atoms with Crippen molar-refractivity contribution in [2.24, 2.45) is 0 Å². The summed E-state index contributed by atoms with van der Waals surface area (Å²) in [6.07, 6.45) is 7.03. The third kappa shape index (κ3) is 5.11. The van der Waals surface area contributed by atoms with Crippen molar-refractivity contribution >= 4 is 5.91 Å². The highest BCUT2D eigenvalue weighted by Crippen LogP contribution is 2.25. The predicted molar refractivity (Wildman–Crippen MR) is 132 cm³/mol. The molecule has 0 aliphatic carbocycles. The van der Waals surface area contributed by atoms with Crippen molar-refractivity contribution in [1.82, 2.24) is 29.9 Å². The Balaban J connectivity index is 1.39. The first-order chi connectivity index (χ1) is 17.2. The van der Waals surface area contributed by atoms with E-state index in [9.17, 15) is 4.79 Å². The van der Waals surface area contributed by atoms with E-state index in [0.29, 0.717) is 30.2 Å². The lowest BCUT2D eigenvalue weighted by Gasteiger charge is -2.08. The van der Waals surface area contributed by atoms with Crippen molar-refractivity contribution in [3.63, 3.8) is 0 Å². The molecule has 0 aliphatic heterocycles. The largest absolute Gasteiger partial charge is 0.497 e. The van der Waals surface area contributed by atoms with Gasteiger partial charge in [0, 0.05) is 36.9 Å². The molecule has 1 N–H and O–H groups in total. The van der Waals surface area contributed by atoms with Crippen LogP contribution in [0.5, 0.6) is 5.75 Å². The maximum atomic E-state index is 13.3. The molecule has 0 saturated heterocycles. The molecule has 3 aromatic heterocycles. The average molecular weight is 465 g/mol. The van der Waals surface area contributed by atoms with Gasteiger partial charge in [-0.2, -0.15) is 10.2 Å². The molecule has 1 amide bonds. The number of nitrogens with zero attached hydrogens (tertiary/aromatic N) is 5. The highest BCUT2D eigenvalue weighted by atomic mass is 16.5. The summed E-state index contributed by atoms with van der Waals surface area (Å²) in [5.74, 6) is 1.23. The second-order valence-corrected chi connectivity index (χ2v) is 7.96. The molecule has 0 unspecified atom stereocenters. The quantitative estimate of drug-likeness (QED) is 0.373. The van der Waals surface area contributed by atoms with Gasteiger partial charge in [0.15, 0.2) is 5.82 Å². The van der Waals surface area contributed by atoms with E-state index in [1.54, 1.807) is 35.1 Å². The van der Waals surface area contributed by atoms with Gasteiger partial charge in [0.1, 0.15) is 11.4 Å². The summed E-state index contributed by atoms with van der Waals surface area (Å²) in [6, 6.07) is 23.2. The fourth-order valence-corrected chi connectivity index (χ4v) is 3.78. The number of methoxy groups -OCH3 is 1. The highest BCUT2D eigenvalue weighted by Gasteiger charge is 2.18. The van der Waals surface area contributed by atoms with E-state index in [-0.39, 0.29) is 5.91 Å². The van der Waals surface area contributed by atoms with Crippen LogP contribution >= 0.6 is 0 Å². The molecule has 0 saturated carbocycles. The van der Waals surface area contributed by atoms with Crippen LogP contribution in [0.1, 0.15) is 21.5 Å². The van der Waals surface area contributed by atoms with E-state index in [0.717, 1.165) is 22.4 Å². The van der Waals surface area contributed by atoms with Crippen molar-refractivity contribution in [2.45, 2.75) is 13.1 Å². The molecule has 0 aliphatic rings. The van der Waals surface area contributed by atoms with E-state index >= 15 is 0 Å². The van der Waals surface area contributed by atoms with E-state index < -0.39 is 0 Å². The first-order valence-electron chi connectivity index (χ1n) is 11.2. The lowest BCUT2D eigenvalue weighted by Crippen LogP contribution is -2.23. The molecular weight excluding hydrogens is 440 g/mol. The third-order valence-corrected chi connectivity index (χ3v) is 5.56. The van der Waals surface area contributed by atoms with Gasteiger partial charge in [0.25, 0.3) is 5.91 Å². The average Bonchev–Trinajstić information content (AvgIpc) is 3.59. The second-order valence-electron chi connectivity index (χ2n) is 7.96. The smallest absolute Gasteiger partial charge is 0.255 e. The minimum atomic E-state index is -0.201. The van der Waals surface area contributed by atoms with Gasteiger partial charge >= 0.3 is 0 Å². The Morgan fingerprint density at radius 2 is 1.80 bits per heavy atom. The Morgan fingerprint density at radius 1 is 0.971 bits per heavy atom. The van der Waals surface area contributed by atoms with Crippen molar-refractivity contribution in [3.05, 3.63) is 114 Å². The number of nitrogens with one attached hydrogen (secondary N) is 1. The van der Waals surface area contributed by atoms with Gasteiger partial charge in [-0.05, 0) is 53.6 Å². The van der Waals surface area contributed by atoms with E-state index in [4.69, 9.17) is 9.84 Å². The van der Waals surface area contributed by atoms with Crippen LogP contribution in [0.3, 0.4) is 0 Å². The van der Waals surface area contributed by atoms with Crippen LogP contribution in [0.15, 0.2) is 97.6 Å². The number of amides is 1. The number of ether oxygens (including phenoxy) is 1. The maximum Gasteiger partial charge on any atom is 0.255 e. The normalized spacial score (nSPS) is 10.8. The van der Waals surface area contributed by atoms with Gasteiger partial charge < -0.3 is 10.1 Å². The van der Waals surface area contributed by atoms with Crippen molar-refractivity contribution in [2.75, 3.05) is 7.11 Å². The molecule has 5 rings (SSSR count). The lowest BCUT2D eigenvalue weighted by molar-refractivity contribution is 0.0951. The van der Waals surface area contributed by atoms with Gasteiger partial charge in [-0.25, -0.2) is 9.67 Å². The number of benzene rings is 2. The minimum absolute atomic E-state index is 0.201. The highest BCUT2D eigenvalue weighted by molar-refractivity contribution is 5.99. The van der Waals surface area contributed by atoms with Crippen LogP contribution < -0.4 is 10.1 Å². The van der Waals surface area contributed by atoms with Gasteiger partial charge in [-0.1, -0.05) is 30.3 Å². The number of pyridine rings is 1. The van der Waals surface area contributed by atoms with Crippen LogP contribution in [-0.4, -0.2) is 37.6 Å². The van der Waals surface area contributed by atoms with Crippen LogP contribution in [0.25, 0.3) is 17.1 Å². The summed E-state index contributed by atoms with van der Waals surface area (Å²) in [5, 5.41) is 12.0. The molecule has 3 heterocycles. The van der Waals surface area contributed by atoms with Crippen LogP contribution in [0, 0.1) is 0 Å². The number of hydrogen-bond acceptors (Lipinski definition) is 5. The maximum absolute atomic E-state index is 13.3. The van der Waals surface area contributed by atoms with E-state index in [1.165, 1.54) is 0 Å². The molecular formula is C27H24N6O2. The van der Waals surface area contributed by atoms with Crippen LogP contribution in [0.4, 0.5) is 0 Å². The molecule has 8 nitrogen and oxygen atoms in total. The zero-order valence-corrected chi connectivity index (χ0v) is 19.2. The SMILES string of the molecule is COc1ccc(-c2nn(Cc3ccccc3)cc2C(=O)NCc2ccnc(-n3cccn3)c2)cc1. The first kappa shape index (κ1) is 22.1. The predicted octanol–water partition coefficient (Wildman–Crippen LogP) is 4.12. The Morgan fingerprint density at radius 3 is 2.54 bits per heavy atom. The summed E-state index contributed by atoms with van der Waals surface area (Å²) in [7, 11) is 1.62. The zero-order chi connectivity index (χ0) is 24.0. The summed E-state index contributed by atoms with van der Waals surface area (Å²) in [4.78, 5) is 17.6. The second kappa shape index (κ2) is 10.0. The monoisotopic (exact) mass is 464 g/mol. The zero-order valence-electron chi connectivity index (χ0n) is 19.2. The van der Waals surface area contributed by atoms with Gasteiger partial charge in [0.2, 0.25) is 0 Å². The summed E-state index contributed by atoms with van der Waals surface area (Å²) in [6.45, 7) is 0.913. The fourth-order valence-electron chi connectivity index (χ4n) is 3.78. The molecule has 8 heteroatoms. The Labute approximate surface area is 202 Å². The Hall–Kier alpha value is -4.72. The first-order valence-corrected chi connectivity index (χ1v) is 11.2. The van der Waals surface area contributed by atoms with Crippen molar-refractivity contribution in [3.8, 4) is 22.8 Å². The van der Waals surface area contributed by atoms with Crippen LogP contribution in [-0.2, 0) is 13.1 Å². The molecule has 0 bridgehead atoms.